The van der Waals surface area contributed by atoms with Crippen molar-refractivity contribution >= 4 is 11.9 Å². The fourth-order valence-corrected chi connectivity index (χ4v) is 2.74. The second-order valence-electron chi connectivity index (χ2n) is 5.56. The first-order chi connectivity index (χ1) is 9.62. The highest BCUT2D eigenvalue weighted by molar-refractivity contribution is 5.39. The average molecular weight is 279 g/mol. The highest BCUT2D eigenvalue weighted by atomic mass is 16.5. The van der Waals surface area contributed by atoms with E-state index in [4.69, 9.17) is 4.74 Å². The van der Waals surface area contributed by atoms with Crippen molar-refractivity contribution in [1.29, 1.82) is 0 Å². The van der Waals surface area contributed by atoms with E-state index in [0.29, 0.717) is 30.4 Å². The molecule has 2 atom stereocenters. The van der Waals surface area contributed by atoms with Crippen molar-refractivity contribution < 1.29 is 4.74 Å². The SMILES string of the molecule is CCNc1nc(OCC)nc(N2CC(C)CC(C)C2)n1. The molecule has 1 fully saturated rings. The summed E-state index contributed by atoms with van der Waals surface area (Å²) in [4.78, 5) is 15.5. The molecule has 1 saturated heterocycles. The molecule has 0 bridgehead atoms. The second-order valence-corrected chi connectivity index (χ2v) is 5.56. The smallest absolute Gasteiger partial charge is 0.323 e. The number of nitrogens with one attached hydrogen (secondary N) is 1. The summed E-state index contributed by atoms with van der Waals surface area (Å²) in [6, 6.07) is 0.402. The summed E-state index contributed by atoms with van der Waals surface area (Å²) >= 11 is 0. The van der Waals surface area contributed by atoms with E-state index < -0.39 is 0 Å². The molecule has 0 saturated carbocycles. The van der Waals surface area contributed by atoms with Crippen LogP contribution in [0, 0.1) is 11.8 Å². The van der Waals surface area contributed by atoms with Crippen molar-refractivity contribution in [2.24, 2.45) is 11.8 Å². The zero-order valence-electron chi connectivity index (χ0n) is 12.9. The average Bonchev–Trinajstić information content (AvgIpc) is 2.38. The highest BCUT2D eigenvalue weighted by Gasteiger charge is 2.24. The van der Waals surface area contributed by atoms with Gasteiger partial charge in [-0.15, -0.1) is 0 Å². The van der Waals surface area contributed by atoms with Crippen LogP contribution in [0.25, 0.3) is 0 Å². The van der Waals surface area contributed by atoms with Crippen LogP contribution in [0.1, 0.15) is 34.1 Å². The van der Waals surface area contributed by atoms with E-state index in [1.54, 1.807) is 0 Å². The van der Waals surface area contributed by atoms with Crippen LogP contribution in [0.4, 0.5) is 11.9 Å². The van der Waals surface area contributed by atoms with E-state index in [1.165, 1.54) is 6.42 Å². The Balaban J connectivity index is 2.24. The van der Waals surface area contributed by atoms with Crippen LogP contribution in [0.3, 0.4) is 0 Å². The number of hydrogen-bond donors (Lipinski definition) is 1. The summed E-state index contributed by atoms with van der Waals surface area (Å²) in [6.45, 7) is 11.8. The van der Waals surface area contributed by atoms with E-state index in [9.17, 15) is 0 Å². The predicted octanol–water partition coefficient (Wildman–Crippen LogP) is 2.18. The van der Waals surface area contributed by atoms with Gasteiger partial charge >= 0.3 is 6.01 Å². The lowest BCUT2D eigenvalue weighted by molar-refractivity contribution is 0.309. The normalized spacial score (nSPS) is 22.7. The van der Waals surface area contributed by atoms with E-state index in [0.717, 1.165) is 25.6 Å². The first-order valence-electron chi connectivity index (χ1n) is 7.50. The zero-order valence-corrected chi connectivity index (χ0v) is 12.9. The number of anilines is 2. The minimum atomic E-state index is 0.402. The molecule has 2 rings (SSSR count). The molecule has 1 aromatic heterocycles. The quantitative estimate of drug-likeness (QED) is 0.891. The van der Waals surface area contributed by atoms with Gasteiger partial charge in [0.2, 0.25) is 11.9 Å². The monoisotopic (exact) mass is 279 g/mol. The molecule has 6 heteroatoms. The fraction of sp³-hybridized carbons (Fsp3) is 0.786. The van der Waals surface area contributed by atoms with E-state index in [-0.39, 0.29) is 0 Å². The van der Waals surface area contributed by atoms with E-state index in [1.807, 2.05) is 13.8 Å². The van der Waals surface area contributed by atoms with Gasteiger partial charge in [0.05, 0.1) is 6.61 Å². The maximum atomic E-state index is 5.45. The van der Waals surface area contributed by atoms with Crippen molar-refractivity contribution in [2.45, 2.75) is 34.1 Å². The van der Waals surface area contributed by atoms with Crippen LogP contribution in [0.5, 0.6) is 6.01 Å². The summed E-state index contributed by atoms with van der Waals surface area (Å²) < 4.78 is 5.45. The fourth-order valence-electron chi connectivity index (χ4n) is 2.74. The number of rotatable bonds is 5. The van der Waals surface area contributed by atoms with Crippen LogP contribution in [0.15, 0.2) is 0 Å². The van der Waals surface area contributed by atoms with Crippen molar-refractivity contribution in [1.82, 2.24) is 15.0 Å². The summed E-state index contributed by atoms with van der Waals surface area (Å²) in [5.41, 5.74) is 0. The molecule has 112 valence electrons. The van der Waals surface area contributed by atoms with Crippen LogP contribution in [0.2, 0.25) is 0 Å². The number of ether oxygens (including phenoxy) is 1. The van der Waals surface area contributed by atoms with Gasteiger partial charge in [0.1, 0.15) is 0 Å². The van der Waals surface area contributed by atoms with Gasteiger partial charge in [-0.25, -0.2) is 0 Å². The molecule has 1 aromatic rings. The van der Waals surface area contributed by atoms with Gasteiger partial charge in [-0.1, -0.05) is 13.8 Å². The van der Waals surface area contributed by atoms with Gasteiger partial charge in [-0.2, -0.15) is 15.0 Å². The van der Waals surface area contributed by atoms with Gasteiger partial charge in [0.15, 0.2) is 0 Å². The van der Waals surface area contributed by atoms with Crippen LogP contribution < -0.4 is 15.0 Å². The Kier molecular flexibility index (Phi) is 4.98. The zero-order chi connectivity index (χ0) is 14.5. The second kappa shape index (κ2) is 6.72. The Morgan fingerprint density at radius 3 is 2.45 bits per heavy atom. The molecule has 0 radical (unpaired) electrons. The summed E-state index contributed by atoms with van der Waals surface area (Å²) in [7, 11) is 0. The molecule has 1 aliphatic rings. The Labute approximate surface area is 121 Å². The molecule has 6 nitrogen and oxygen atoms in total. The van der Waals surface area contributed by atoms with Crippen LogP contribution in [-0.2, 0) is 0 Å². The maximum Gasteiger partial charge on any atom is 0.323 e. The Bertz CT molecular complexity index is 405. The topological polar surface area (TPSA) is 63.2 Å². The third kappa shape index (κ3) is 3.71. The van der Waals surface area contributed by atoms with Gasteiger partial charge in [-0.3, -0.25) is 0 Å². The van der Waals surface area contributed by atoms with E-state index in [2.05, 4.69) is 39.0 Å². The summed E-state index contributed by atoms with van der Waals surface area (Å²) in [5.74, 6) is 2.63. The molecule has 0 aliphatic carbocycles. The van der Waals surface area contributed by atoms with Crippen LogP contribution in [-0.4, -0.2) is 41.2 Å². The molecule has 0 aromatic carbocycles. The van der Waals surface area contributed by atoms with Crippen molar-refractivity contribution in [3.05, 3.63) is 0 Å². The molecule has 2 heterocycles. The van der Waals surface area contributed by atoms with Crippen LogP contribution >= 0.6 is 0 Å². The molecule has 20 heavy (non-hydrogen) atoms. The minimum absolute atomic E-state index is 0.402. The Hall–Kier alpha value is -1.59. The number of piperidine rings is 1. The molecular formula is C14H25N5O. The molecule has 1 N–H and O–H groups in total. The lowest BCUT2D eigenvalue weighted by atomic mass is 9.92. The van der Waals surface area contributed by atoms with Crippen molar-refractivity contribution in [3.8, 4) is 6.01 Å². The van der Waals surface area contributed by atoms with Gasteiger partial charge in [-0.05, 0) is 32.1 Å². The van der Waals surface area contributed by atoms with Gasteiger partial charge in [0, 0.05) is 19.6 Å². The van der Waals surface area contributed by atoms with Crippen molar-refractivity contribution in [3.63, 3.8) is 0 Å². The molecule has 1 aliphatic heterocycles. The molecular weight excluding hydrogens is 254 g/mol. The lowest BCUT2D eigenvalue weighted by Gasteiger charge is -2.35. The van der Waals surface area contributed by atoms with E-state index >= 15 is 0 Å². The molecule has 2 unspecified atom stereocenters. The third-order valence-electron chi connectivity index (χ3n) is 3.36. The first kappa shape index (κ1) is 14.8. The van der Waals surface area contributed by atoms with Crippen molar-refractivity contribution in [2.75, 3.05) is 36.5 Å². The Morgan fingerprint density at radius 2 is 1.85 bits per heavy atom. The first-order valence-corrected chi connectivity index (χ1v) is 7.50. The summed E-state index contributed by atoms with van der Waals surface area (Å²) in [5, 5.41) is 3.14. The maximum absolute atomic E-state index is 5.45. The molecule has 0 spiro atoms. The Morgan fingerprint density at radius 1 is 1.15 bits per heavy atom. The van der Waals surface area contributed by atoms with Gasteiger partial charge < -0.3 is 15.0 Å². The minimum Gasteiger partial charge on any atom is -0.464 e. The highest BCUT2D eigenvalue weighted by Crippen LogP contribution is 2.25. The predicted molar refractivity (Wildman–Crippen MR) is 80.3 cm³/mol. The van der Waals surface area contributed by atoms with Gasteiger partial charge in [0.25, 0.3) is 0 Å². The number of hydrogen-bond acceptors (Lipinski definition) is 6. The third-order valence-corrected chi connectivity index (χ3v) is 3.36. The standard InChI is InChI=1S/C14H25N5O/c1-5-15-12-16-13(18-14(17-12)20-6-2)19-8-10(3)7-11(4)9-19/h10-11H,5-9H2,1-4H3,(H,15,16,17,18). The number of nitrogens with zero attached hydrogens (tertiary/aromatic N) is 4. The largest absolute Gasteiger partial charge is 0.464 e. The summed E-state index contributed by atoms with van der Waals surface area (Å²) in [6.07, 6.45) is 1.26. The lowest BCUT2D eigenvalue weighted by Crippen LogP contribution is -2.39. The number of aromatic nitrogens is 3. The molecule has 0 amide bonds.